The molecule has 3 rings (SSSR count). The van der Waals surface area contributed by atoms with Gasteiger partial charge in [-0.2, -0.15) is 0 Å². The van der Waals surface area contributed by atoms with Crippen molar-refractivity contribution in [2.75, 3.05) is 0 Å². The van der Waals surface area contributed by atoms with Gasteiger partial charge in [-0.1, -0.05) is 23.2 Å². The minimum atomic E-state index is -0.300. The number of nitrogens with one attached hydrogen (secondary N) is 1. The van der Waals surface area contributed by atoms with Crippen LogP contribution in [0.4, 0.5) is 0 Å². The number of hydrogen-bond donors (Lipinski definition) is 2. The molecule has 0 aliphatic rings. The first kappa shape index (κ1) is 14.7. The molecule has 0 spiro atoms. The maximum Gasteiger partial charge on any atom is 0.251 e. The van der Waals surface area contributed by atoms with Gasteiger partial charge >= 0.3 is 0 Å². The van der Waals surface area contributed by atoms with Crippen LogP contribution in [-0.2, 0) is 6.54 Å². The number of pyridine rings is 1. The Kier molecular flexibility index (Phi) is 3.92. The van der Waals surface area contributed by atoms with E-state index in [0.717, 1.165) is 0 Å². The molecule has 7 heteroatoms. The first-order valence-corrected chi connectivity index (χ1v) is 7.18. The zero-order valence-electron chi connectivity index (χ0n) is 11.3. The summed E-state index contributed by atoms with van der Waals surface area (Å²) in [5.41, 5.74) is 1.45. The lowest BCUT2D eigenvalue weighted by molar-refractivity contribution is 0.0950. The minimum Gasteiger partial charge on any atom is -0.504 e. The number of carbonyl (C=O) groups is 1. The number of carbonyl (C=O) groups excluding carboxylic acids is 1. The molecule has 0 unspecified atom stereocenters. The van der Waals surface area contributed by atoms with Crippen molar-refractivity contribution in [3.63, 3.8) is 0 Å². The van der Waals surface area contributed by atoms with E-state index in [1.807, 2.05) is 0 Å². The van der Waals surface area contributed by atoms with E-state index < -0.39 is 0 Å². The Bertz CT molecular complexity index is 841. The fraction of sp³-hybridized carbons (Fsp3) is 0.0667. The number of rotatable bonds is 3. The molecule has 0 saturated carbocycles. The molecule has 112 valence electrons. The Hall–Kier alpha value is -2.24. The number of hydrogen-bond acceptors (Lipinski definition) is 3. The van der Waals surface area contributed by atoms with E-state index in [9.17, 15) is 9.90 Å². The summed E-state index contributed by atoms with van der Waals surface area (Å²) in [6.07, 6.45) is 3.50. The number of aromatic hydroxyl groups is 1. The number of aromatic nitrogens is 2. The number of halogens is 2. The first-order valence-electron chi connectivity index (χ1n) is 6.43. The van der Waals surface area contributed by atoms with E-state index in [2.05, 4.69) is 10.3 Å². The van der Waals surface area contributed by atoms with Crippen LogP contribution in [0, 0.1) is 0 Å². The lowest BCUT2D eigenvalue weighted by Crippen LogP contribution is -2.22. The van der Waals surface area contributed by atoms with E-state index in [1.54, 1.807) is 35.0 Å². The zero-order valence-corrected chi connectivity index (χ0v) is 12.8. The average Bonchev–Trinajstić information content (AvgIpc) is 2.88. The van der Waals surface area contributed by atoms with Crippen LogP contribution in [0.25, 0.3) is 5.65 Å². The maximum absolute atomic E-state index is 12.1. The third-order valence-electron chi connectivity index (χ3n) is 3.07. The lowest BCUT2D eigenvalue weighted by Gasteiger charge is -2.04. The maximum atomic E-state index is 12.1. The molecule has 0 aliphatic carbocycles. The molecule has 0 bridgehead atoms. The van der Waals surface area contributed by atoms with E-state index in [0.29, 0.717) is 26.9 Å². The summed E-state index contributed by atoms with van der Waals surface area (Å²) in [6.45, 7) is 0.226. The predicted octanol–water partition coefficient (Wildman–Crippen LogP) is 3.28. The lowest BCUT2D eigenvalue weighted by atomic mass is 10.2. The van der Waals surface area contributed by atoms with Gasteiger partial charge in [-0.25, -0.2) is 4.98 Å². The van der Waals surface area contributed by atoms with Crippen LogP contribution in [0.2, 0.25) is 10.0 Å². The fourth-order valence-electron chi connectivity index (χ4n) is 2.09. The van der Waals surface area contributed by atoms with Crippen LogP contribution in [-0.4, -0.2) is 20.4 Å². The molecule has 0 aliphatic heterocycles. The second kappa shape index (κ2) is 5.87. The molecular formula is C15H11Cl2N3O2. The van der Waals surface area contributed by atoms with E-state index >= 15 is 0 Å². The number of amides is 1. The molecule has 0 atom stereocenters. The number of fused-ring (bicyclic) bond motifs is 1. The average molecular weight is 336 g/mol. The van der Waals surface area contributed by atoms with Crippen LogP contribution in [0.1, 0.15) is 16.1 Å². The normalized spacial score (nSPS) is 10.8. The van der Waals surface area contributed by atoms with Gasteiger partial charge in [0.2, 0.25) is 0 Å². The predicted molar refractivity (Wildman–Crippen MR) is 84.5 cm³/mol. The molecule has 1 aromatic carbocycles. The monoisotopic (exact) mass is 335 g/mol. The Morgan fingerprint density at radius 1 is 1.27 bits per heavy atom. The molecular weight excluding hydrogens is 325 g/mol. The first-order chi connectivity index (χ1) is 10.5. The summed E-state index contributed by atoms with van der Waals surface area (Å²) in [6, 6.07) is 7.90. The fourth-order valence-corrected chi connectivity index (χ4v) is 2.62. The van der Waals surface area contributed by atoms with Crippen LogP contribution in [0.15, 0.2) is 42.7 Å². The van der Waals surface area contributed by atoms with Gasteiger partial charge in [-0.05, 0) is 30.3 Å². The van der Waals surface area contributed by atoms with Gasteiger partial charge in [0, 0.05) is 28.0 Å². The Balaban J connectivity index is 1.75. The van der Waals surface area contributed by atoms with Crippen molar-refractivity contribution >= 4 is 34.8 Å². The van der Waals surface area contributed by atoms with E-state index in [4.69, 9.17) is 23.2 Å². The molecule has 1 amide bonds. The van der Waals surface area contributed by atoms with Crippen molar-refractivity contribution in [1.82, 2.24) is 14.7 Å². The summed E-state index contributed by atoms with van der Waals surface area (Å²) in [7, 11) is 0. The summed E-state index contributed by atoms with van der Waals surface area (Å²) in [5.74, 6) is -0.215. The Morgan fingerprint density at radius 3 is 2.68 bits per heavy atom. The smallest absolute Gasteiger partial charge is 0.251 e. The van der Waals surface area contributed by atoms with Gasteiger partial charge in [0.05, 0.1) is 12.2 Å². The number of benzene rings is 1. The molecule has 2 N–H and O–H groups in total. The standard InChI is InChI=1S/C15H11Cl2N3O2/c16-10-4-9(5-11(17)6-10)15(22)18-7-12-8-20-3-1-2-13(21)14(20)19-12/h1-6,8,21H,7H2,(H,18,22). The van der Waals surface area contributed by atoms with Gasteiger partial charge in [-0.3, -0.25) is 4.79 Å². The van der Waals surface area contributed by atoms with Crippen molar-refractivity contribution in [1.29, 1.82) is 0 Å². The molecule has 2 aromatic heterocycles. The van der Waals surface area contributed by atoms with Gasteiger partial charge in [0.25, 0.3) is 5.91 Å². The highest BCUT2D eigenvalue weighted by Gasteiger charge is 2.10. The van der Waals surface area contributed by atoms with Crippen LogP contribution < -0.4 is 5.32 Å². The van der Waals surface area contributed by atoms with Gasteiger partial charge in [-0.15, -0.1) is 0 Å². The second-order valence-corrected chi connectivity index (χ2v) is 5.57. The molecule has 0 radical (unpaired) electrons. The summed E-state index contributed by atoms with van der Waals surface area (Å²) in [4.78, 5) is 16.4. The third-order valence-corrected chi connectivity index (χ3v) is 3.50. The molecule has 22 heavy (non-hydrogen) atoms. The Morgan fingerprint density at radius 2 is 2.00 bits per heavy atom. The van der Waals surface area contributed by atoms with E-state index in [-0.39, 0.29) is 18.2 Å². The van der Waals surface area contributed by atoms with Crippen LogP contribution in [0.3, 0.4) is 0 Å². The molecule has 0 fully saturated rings. The van der Waals surface area contributed by atoms with Crippen molar-refractivity contribution in [3.8, 4) is 5.75 Å². The van der Waals surface area contributed by atoms with Crippen LogP contribution >= 0.6 is 23.2 Å². The number of imidazole rings is 1. The quantitative estimate of drug-likeness (QED) is 0.771. The van der Waals surface area contributed by atoms with Crippen molar-refractivity contribution in [2.45, 2.75) is 6.54 Å². The van der Waals surface area contributed by atoms with Gasteiger partial charge < -0.3 is 14.8 Å². The summed E-state index contributed by atoms with van der Waals surface area (Å²) < 4.78 is 1.69. The Labute approximate surface area is 136 Å². The highest BCUT2D eigenvalue weighted by molar-refractivity contribution is 6.35. The largest absolute Gasteiger partial charge is 0.504 e. The molecule has 5 nitrogen and oxygen atoms in total. The topological polar surface area (TPSA) is 66.6 Å². The second-order valence-electron chi connectivity index (χ2n) is 4.70. The van der Waals surface area contributed by atoms with Crippen LogP contribution in [0.5, 0.6) is 5.75 Å². The molecule has 2 heterocycles. The van der Waals surface area contributed by atoms with E-state index in [1.165, 1.54) is 12.1 Å². The van der Waals surface area contributed by atoms with Gasteiger partial charge in [0.15, 0.2) is 11.4 Å². The van der Waals surface area contributed by atoms with Crippen molar-refractivity contribution < 1.29 is 9.90 Å². The SMILES string of the molecule is O=C(NCc1cn2cccc(O)c2n1)c1cc(Cl)cc(Cl)c1. The zero-order chi connectivity index (χ0) is 15.7. The third kappa shape index (κ3) is 3.00. The highest BCUT2D eigenvalue weighted by atomic mass is 35.5. The molecule has 3 aromatic rings. The summed E-state index contributed by atoms with van der Waals surface area (Å²) >= 11 is 11.7. The number of nitrogens with zero attached hydrogens (tertiary/aromatic N) is 2. The van der Waals surface area contributed by atoms with Gasteiger partial charge in [0.1, 0.15) is 0 Å². The highest BCUT2D eigenvalue weighted by Crippen LogP contribution is 2.19. The van der Waals surface area contributed by atoms with Crippen molar-refractivity contribution in [3.05, 3.63) is 64.0 Å². The molecule has 0 saturated heterocycles. The van der Waals surface area contributed by atoms with Crippen molar-refractivity contribution in [2.24, 2.45) is 0 Å². The minimum absolute atomic E-state index is 0.0849. The summed E-state index contributed by atoms with van der Waals surface area (Å²) in [5, 5.41) is 13.2.